The molecule has 156 valence electrons. The fourth-order valence-corrected chi connectivity index (χ4v) is 5.62. The van der Waals surface area contributed by atoms with Gasteiger partial charge >= 0.3 is 5.97 Å². The third kappa shape index (κ3) is 4.38. The van der Waals surface area contributed by atoms with Crippen molar-refractivity contribution in [1.82, 2.24) is 9.46 Å². The van der Waals surface area contributed by atoms with Crippen LogP contribution in [0.1, 0.15) is 48.3 Å². The SMILES string of the molecule is Cc1cc(COC(=O)C2CCN(S(=O)(=O)c3ccc4c(c3)CCCC4)CC2)on1. The van der Waals surface area contributed by atoms with E-state index in [-0.39, 0.29) is 18.5 Å². The lowest BCUT2D eigenvalue weighted by atomic mass is 9.92. The molecule has 2 aromatic rings. The predicted octanol–water partition coefficient (Wildman–Crippen LogP) is 3.01. The van der Waals surface area contributed by atoms with E-state index in [0.717, 1.165) is 30.5 Å². The van der Waals surface area contributed by atoms with Gasteiger partial charge in [-0.1, -0.05) is 11.2 Å². The quantitative estimate of drug-likeness (QED) is 0.694. The van der Waals surface area contributed by atoms with Crippen molar-refractivity contribution in [3.05, 3.63) is 46.8 Å². The number of ether oxygens (including phenoxy) is 1. The van der Waals surface area contributed by atoms with Gasteiger partial charge < -0.3 is 9.26 Å². The molecule has 1 aromatic carbocycles. The molecule has 1 aliphatic carbocycles. The third-order valence-electron chi connectivity index (χ3n) is 5.78. The number of piperidine rings is 1. The average Bonchev–Trinajstić information content (AvgIpc) is 3.17. The van der Waals surface area contributed by atoms with Gasteiger partial charge in [-0.3, -0.25) is 4.79 Å². The first kappa shape index (κ1) is 20.1. The van der Waals surface area contributed by atoms with Crippen LogP contribution < -0.4 is 0 Å². The van der Waals surface area contributed by atoms with Crippen LogP contribution in [0.25, 0.3) is 0 Å². The van der Waals surface area contributed by atoms with Gasteiger partial charge in [0.25, 0.3) is 0 Å². The molecule has 2 heterocycles. The van der Waals surface area contributed by atoms with E-state index in [2.05, 4.69) is 5.16 Å². The number of rotatable bonds is 5. The van der Waals surface area contributed by atoms with Crippen molar-refractivity contribution in [2.45, 2.75) is 57.0 Å². The summed E-state index contributed by atoms with van der Waals surface area (Å²) in [4.78, 5) is 12.7. The lowest BCUT2D eigenvalue weighted by molar-refractivity contribution is -0.151. The Labute approximate surface area is 171 Å². The molecule has 7 nitrogen and oxygen atoms in total. The van der Waals surface area contributed by atoms with Crippen molar-refractivity contribution in [2.24, 2.45) is 5.92 Å². The lowest BCUT2D eigenvalue weighted by Gasteiger charge is -2.30. The second-order valence-electron chi connectivity index (χ2n) is 7.86. The largest absolute Gasteiger partial charge is 0.457 e. The molecule has 0 N–H and O–H groups in total. The highest BCUT2D eigenvalue weighted by Crippen LogP contribution is 2.28. The van der Waals surface area contributed by atoms with E-state index < -0.39 is 10.0 Å². The molecule has 8 heteroatoms. The minimum atomic E-state index is -3.54. The summed E-state index contributed by atoms with van der Waals surface area (Å²) in [5.41, 5.74) is 3.15. The standard InChI is InChI=1S/C21H26N2O5S/c1-15-12-19(28-22-15)14-27-21(24)17-8-10-23(11-9-17)29(25,26)20-7-6-16-4-2-3-5-18(16)13-20/h6-7,12-13,17H,2-5,8-11,14H2,1H3. The van der Waals surface area contributed by atoms with Crippen LogP contribution in [0.15, 0.2) is 33.7 Å². The number of sulfonamides is 1. The van der Waals surface area contributed by atoms with E-state index in [4.69, 9.17) is 9.26 Å². The molecule has 0 spiro atoms. The number of carbonyl (C=O) groups excluding carboxylic acids is 1. The van der Waals surface area contributed by atoms with E-state index in [0.29, 0.717) is 36.6 Å². The maximum Gasteiger partial charge on any atom is 0.309 e. The molecule has 0 atom stereocenters. The summed E-state index contributed by atoms with van der Waals surface area (Å²) >= 11 is 0. The molecule has 0 bridgehead atoms. The number of esters is 1. The second kappa shape index (κ2) is 8.28. The first-order valence-electron chi connectivity index (χ1n) is 10.1. The number of nitrogens with zero attached hydrogens (tertiary/aromatic N) is 2. The Kier molecular flexibility index (Phi) is 5.74. The van der Waals surface area contributed by atoms with E-state index in [1.54, 1.807) is 19.1 Å². The molecule has 0 unspecified atom stereocenters. The van der Waals surface area contributed by atoms with Gasteiger partial charge in [-0.25, -0.2) is 8.42 Å². The minimum absolute atomic E-state index is 0.0489. The summed E-state index contributed by atoms with van der Waals surface area (Å²) in [7, 11) is -3.54. The van der Waals surface area contributed by atoms with Gasteiger partial charge in [0, 0.05) is 19.2 Å². The van der Waals surface area contributed by atoms with E-state index in [1.807, 2.05) is 12.1 Å². The van der Waals surface area contributed by atoms with E-state index in [1.165, 1.54) is 16.3 Å². The third-order valence-corrected chi connectivity index (χ3v) is 7.67. The normalized spacial score (nSPS) is 18.4. The Morgan fingerprint density at radius 2 is 1.90 bits per heavy atom. The molecular formula is C21H26N2O5S. The Bertz CT molecular complexity index is 990. The molecule has 0 radical (unpaired) electrons. The van der Waals surface area contributed by atoms with Gasteiger partial charge in [-0.05, 0) is 68.7 Å². The predicted molar refractivity (Wildman–Crippen MR) is 106 cm³/mol. The zero-order chi connectivity index (χ0) is 20.4. The van der Waals surface area contributed by atoms with Crippen LogP contribution in [0.4, 0.5) is 0 Å². The molecular weight excluding hydrogens is 392 g/mol. The van der Waals surface area contributed by atoms with Gasteiger partial charge in [0.2, 0.25) is 10.0 Å². The van der Waals surface area contributed by atoms with Crippen LogP contribution in [0.2, 0.25) is 0 Å². The molecule has 4 rings (SSSR count). The number of carbonyl (C=O) groups is 1. The van der Waals surface area contributed by atoms with Crippen molar-refractivity contribution >= 4 is 16.0 Å². The smallest absolute Gasteiger partial charge is 0.309 e. The molecule has 1 saturated heterocycles. The van der Waals surface area contributed by atoms with Crippen LogP contribution >= 0.6 is 0 Å². The fourth-order valence-electron chi connectivity index (χ4n) is 4.10. The summed E-state index contributed by atoms with van der Waals surface area (Å²) < 4.78 is 37.9. The zero-order valence-electron chi connectivity index (χ0n) is 16.6. The van der Waals surface area contributed by atoms with Gasteiger partial charge in [0.1, 0.15) is 0 Å². The summed E-state index contributed by atoms with van der Waals surface area (Å²) in [5.74, 6) is -0.109. The average molecular weight is 419 g/mol. The number of fused-ring (bicyclic) bond motifs is 1. The summed E-state index contributed by atoms with van der Waals surface area (Å²) in [6, 6.07) is 7.24. The molecule has 1 aromatic heterocycles. The lowest BCUT2D eigenvalue weighted by Crippen LogP contribution is -2.40. The number of aromatic nitrogens is 1. The Hall–Kier alpha value is -2.19. The summed E-state index contributed by atoms with van der Waals surface area (Å²) in [6.45, 7) is 2.49. The highest BCUT2D eigenvalue weighted by molar-refractivity contribution is 7.89. The van der Waals surface area contributed by atoms with Crippen LogP contribution in [-0.2, 0) is 39.0 Å². The zero-order valence-corrected chi connectivity index (χ0v) is 17.4. The molecule has 2 aliphatic rings. The Morgan fingerprint density at radius 3 is 2.59 bits per heavy atom. The Balaban J connectivity index is 1.35. The van der Waals surface area contributed by atoms with Crippen molar-refractivity contribution in [3.63, 3.8) is 0 Å². The molecule has 0 amide bonds. The molecule has 1 aliphatic heterocycles. The first-order valence-corrected chi connectivity index (χ1v) is 11.6. The molecule has 0 saturated carbocycles. The van der Waals surface area contributed by atoms with E-state index >= 15 is 0 Å². The maximum absolute atomic E-state index is 13.1. The number of hydrogen-bond donors (Lipinski definition) is 0. The molecule has 29 heavy (non-hydrogen) atoms. The van der Waals surface area contributed by atoms with Gasteiger partial charge in [0.05, 0.1) is 16.5 Å². The minimum Gasteiger partial charge on any atom is -0.457 e. The number of benzene rings is 1. The topological polar surface area (TPSA) is 89.7 Å². The Morgan fingerprint density at radius 1 is 1.17 bits per heavy atom. The van der Waals surface area contributed by atoms with Crippen molar-refractivity contribution in [3.8, 4) is 0 Å². The van der Waals surface area contributed by atoms with Crippen LogP contribution in [0, 0.1) is 12.8 Å². The fraction of sp³-hybridized carbons (Fsp3) is 0.524. The van der Waals surface area contributed by atoms with Gasteiger partial charge in [-0.15, -0.1) is 0 Å². The second-order valence-corrected chi connectivity index (χ2v) is 9.80. The highest BCUT2D eigenvalue weighted by atomic mass is 32.2. The van der Waals surface area contributed by atoms with Crippen LogP contribution in [-0.4, -0.2) is 36.9 Å². The summed E-state index contributed by atoms with van der Waals surface area (Å²) in [6.07, 6.45) is 5.15. The van der Waals surface area contributed by atoms with Gasteiger partial charge in [-0.2, -0.15) is 4.31 Å². The highest BCUT2D eigenvalue weighted by Gasteiger charge is 2.33. The van der Waals surface area contributed by atoms with Crippen LogP contribution in [0.3, 0.4) is 0 Å². The maximum atomic E-state index is 13.1. The van der Waals surface area contributed by atoms with Crippen LogP contribution in [0.5, 0.6) is 0 Å². The monoisotopic (exact) mass is 418 g/mol. The van der Waals surface area contributed by atoms with Crippen molar-refractivity contribution in [2.75, 3.05) is 13.1 Å². The van der Waals surface area contributed by atoms with Gasteiger partial charge in [0.15, 0.2) is 12.4 Å². The molecule has 1 fully saturated rings. The van der Waals surface area contributed by atoms with Crippen molar-refractivity contribution < 1.29 is 22.5 Å². The number of hydrogen-bond acceptors (Lipinski definition) is 6. The van der Waals surface area contributed by atoms with E-state index in [9.17, 15) is 13.2 Å². The summed E-state index contributed by atoms with van der Waals surface area (Å²) in [5, 5.41) is 3.76. The number of aryl methyl sites for hydroxylation is 3. The first-order chi connectivity index (χ1) is 13.9. The van der Waals surface area contributed by atoms with Crippen molar-refractivity contribution in [1.29, 1.82) is 0 Å².